The summed E-state index contributed by atoms with van der Waals surface area (Å²) in [5, 5.41) is 7.28. The zero-order valence-corrected chi connectivity index (χ0v) is 12.0. The molecule has 0 saturated carbocycles. The number of aryl methyl sites for hydroxylation is 2. The van der Waals surface area contributed by atoms with Gasteiger partial charge in [0.15, 0.2) is 0 Å². The Morgan fingerprint density at radius 3 is 2.90 bits per heavy atom. The molecule has 7 nitrogen and oxygen atoms in total. The summed E-state index contributed by atoms with van der Waals surface area (Å²) in [7, 11) is 1.72. The van der Waals surface area contributed by atoms with Crippen molar-refractivity contribution >= 4 is 11.9 Å². The van der Waals surface area contributed by atoms with Gasteiger partial charge in [0.1, 0.15) is 11.7 Å². The summed E-state index contributed by atoms with van der Waals surface area (Å²) in [6.45, 7) is 5.46. The molecule has 1 aliphatic rings. The molecule has 1 aromatic heterocycles. The summed E-state index contributed by atoms with van der Waals surface area (Å²) >= 11 is 0. The molecule has 0 aliphatic carbocycles. The molecule has 1 aliphatic heterocycles. The molecule has 110 valence electrons. The van der Waals surface area contributed by atoms with E-state index >= 15 is 0 Å². The molecule has 1 saturated heterocycles. The predicted octanol–water partition coefficient (Wildman–Crippen LogP) is -0.294. The fourth-order valence-electron chi connectivity index (χ4n) is 2.35. The highest BCUT2D eigenvalue weighted by atomic mass is 16.5. The van der Waals surface area contributed by atoms with Crippen molar-refractivity contribution in [2.24, 2.45) is 7.05 Å². The first kappa shape index (κ1) is 14.5. The highest BCUT2D eigenvalue weighted by molar-refractivity contribution is 5.95. The van der Waals surface area contributed by atoms with Crippen LogP contribution in [0.1, 0.15) is 23.1 Å². The number of amides is 1. The van der Waals surface area contributed by atoms with Crippen molar-refractivity contribution in [1.82, 2.24) is 20.0 Å². The number of ether oxygens (including phenoxy) is 1. The average molecular weight is 280 g/mol. The zero-order valence-electron chi connectivity index (χ0n) is 12.0. The van der Waals surface area contributed by atoms with Crippen LogP contribution in [0.15, 0.2) is 6.07 Å². The van der Waals surface area contributed by atoms with Gasteiger partial charge in [-0.3, -0.25) is 9.48 Å². The number of aromatic nitrogens is 2. The number of esters is 1. The lowest BCUT2D eigenvalue weighted by atomic mass is 10.1. The Kier molecular flexibility index (Phi) is 4.39. The molecule has 1 fully saturated rings. The van der Waals surface area contributed by atoms with E-state index in [1.807, 2.05) is 6.92 Å². The molecule has 7 heteroatoms. The predicted molar refractivity (Wildman–Crippen MR) is 72.3 cm³/mol. The maximum atomic E-state index is 12.6. The van der Waals surface area contributed by atoms with Crippen molar-refractivity contribution < 1.29 is 14.3 Å². The largest absolute Gasteiger partial charge is 0.464 e. The standard InChI is InChI=1S/C13H20N4O3/c1-4-20-13(19)11-8-14-5-6-17(11)12(18)10-7-9(2)15-16(10)3/h7,11,14H,4-6,8H2,1-3H3. The molecular weight excluding hydrogens is 260 g/mol. The highest BCUT2D eigenvalue weighted by Crippen LogP contribution is 2.12. The van der Waals surface area contributed by atoms with Gasteiger partial charge in [0, 0.05) is 26.7 Å². The van der Waals surface area contributed by atoms with Crippen molar-refractivity contribution in [3.63, 3.8) is 0 Å². The van der Waals surface area contributed by atoms with Gasteiger partial charge < -0.3 is 15.0 Å². The van der Waals surface area contributed by atoms with Crippen molar-refractivity contribution in [1.29, 1.82) is 0 Å². The fourth-order valence-corrected chi connectivity index (χ4v) is 2.35. The minimum absolute atomic E-state index is 0.187. The summed E-state index contributed by atoms with van der Waals surface area (Å²) in [5.41, 5.74) is 1.26. The monoisotopic (exact) mass is 280 g/mol. The molecular formula is C13H20N4O3. The van der Waals surface area contributed by atoms with Crippen LogP contribution in [-0.4, -0.2) is 58.8 Å². The summed E-state index contributed by atoms with van der Waals surface area (Å²) in [6.07, 6.45) is 0. The topological polar surface area (TPSA) is 76.5 Å². The Hall–Kier alpha value is -1.89. The lowest BCUT2D eigenvalue weighted by Gasteiger charge is -2.34. The van der Waals surface area contributed by atoms with Crippen molar-refractivity contribution in [2.75, 3.05) is 26.2 Å². The second kappa shape index (κ2) is 6.04. The van der Waals surface area contributed by atoms with Crippen LogP contribution in [0, 0.1) is 6.92 Å². The van der Waals surface area contributed by atoms with Gasteiger partial charge in [-0.15, -0.1) is 0 Å². The number of hydrogen-bond acceptors (Lipinski definition) is 5. The minimum atomic E-state index is -0.577. The van der Waals surface area contributed by atoms with E-state index in [9.17, 15) is 9.59 Å². The molecule has 0 spiro atoms. The van der Waals surface area contributed by atoms with Gasteiger partial charge in [-0.25, -0.2) is 4.79 Å². The summed E-state index contributed by atoms with van der Waals surface area (Å²) in [6, 6.07) is 1.15. The second-order valence-corrected chi connectivity index (χ2v) is 4.77. The lowest BCUT2D eigenvalue weighted by Crippen LogP contribution is -2.57. The van der Waals surface area contributed by atoms with Gasteiger partial charge in [0.2, 0.25) is 0 Å². The number of piperazine rings is 1. The molecule has 0 aromatic carbocycles. The number of rotatable bonds is 3. The van der Waals surface area contributed by atoms with Crippen LogP contribution < -0.4 is 5.32 Å². The number of carbonyl (C=O) groups is 2. The fraction of sp³-hybridized carbons (Fsp3) is 0.615. The van der Waals surface area contributed by atoms with E-state index in [0.717, 1.165) is 5.69 Å². The molecule has 1 amide bonds. The van der Waals surface area contributed by atoms with Crippen molar-refractivity contribution in [3.8, 4) is 0 Å². The van der Waals surface area contributed by atoms with Gasteiger partial charge in [-0.1, -0.05) is 0 Å². The zero-order chi connectivity index (χ0) is 14.7. The maximum absolute atomic E-state index is 12.6. The normalized spacial score (nSPS) is 18.9. The smallest absolute Gasteiger partial charge is 0.330 e. The number of carbonyl (C=O) groups excluding carboxylic acids is 2. The molecule has 20 heavy (non-hydrogen) atoms. The van der Waals surface area contributed by atoms with Gasteiger partial charge >= 0.3 is 5.97 Å². The average Bonchev–Trinajstić information content (AvgIpc) is 2.77. The molecule has 1 atom stereocenters. The van der Waals surface area contributed by atoms with Gasteiger partial charge in [0.25, 0.3) is 5.91 Å². The van der Waals surface area contributed by atoms with E-state index in [4.69, 9.17) is 4.74 Å². The van der Waals surface area contributed by atoms with E-state index in [1.54, 1.807) is 29.6 Å². The first-order chi connectivity index (χ1) is 9.54. The molecule has 0 radical (unpaired) electrons. The van der Waals surface area contributed by atoms with E-state index in [2.05, 4.69) is 10.4 Å². The van der Waals surface area contributed by atoms with Gasteiger partial charge in [0.05, 0.1) is 12.3 Å². The minimum Gasteiger partial charge on any atom is -0.464 e. The van der Waals surface area contributed by atoms with Crippen molar-refractivity contribution in [3.05, 3.63) is 17.5 Å². The third-order valence-electron chi connectivity index (χ3n) is 3.28. The summed E-state index contributed by atoms with van der Waals surface area (Å²) < 4.78 is 6.58. The third-order valence-corrected chi connectivity index (χ3v) is 3.28. The molecule has 2 rings (SSSR count). The van der Waals surface area contributed by atoms with Crippen LogP contribution in [-0.2, 0) is 16.6 Å². The maximum Gasteiger partial charge on any atom is 0.330 e. The van der Waals surface area contributed by atoms with Crippen LogP contribution in [0.5, 0.6) is 0 Å². The van der Waals surface area contributed by atoms with Crippen LogP contribution >= 0.6 is 0 Å². The Bertz CT molecular complexity index is 512. The number of nitrogens with one attached hydrogen (secondary N) is 1. The van der Waals surface area contributed by atoms with E-state index in [0.29, 0.717) is 31.9 Å². The quantitative estimate of drug-likeness (QED) is 0.770. The highest BCUT2D eigenvalue weighted by Gasteiger charge is 2.34. The van der Waals surface area contributed by atoms with Gasteiger partial charge in [-0.05, 0) is 19.9 Å². The van der Waals surface area contributed by atoms with Crippen LogP contribution in [0.25, 0.3) is 0 Å². The molecule has 1 N–H and O–H groups in total. The number of nitrogens with zero attached hydrogens (tertiary/aromatic N) is 3. The SMILES string of the molecule is CCOC(=O)C1CNCCN1C(=O)c1cc(C)nn1C. The molecule has 1 aromatic rings. The molecule has 2 heterocycles. The Morgan fingerprint density at radius 2 is 2.30 bits per heavy atom. The molecule has 1 unspecified atom stereocenters. The lowest BCUT2D eigenvalue weighted by molar-refractivity contribution is -0.149. The number of hydrogen-bond donors (Lipinski definition) is 1. The van der Waals surface area contributed by atoms with Crippen molar-refractivity contribution in [2.45, 2.75) is 19.9 Å². The molecule has 0 bridgehead atoms. The first-order valence-corrected chi connectivity index (χ1v) is 6.73. The van der Waals surface area contributed by atoms with E-state index in [-0.39, 0.29) is 11.9 Å². The first-order valence-electron chi connectivity index (χ1n) is 6.73. The van der Waals surface area contributed by atoms with E-state index < -0.39 is 6.04 Å². The Labute approximate surface area is 117 Å². The van der Waals surface area contributed by atoms with Crippen LogP contribution in [0.3, 0.4) is 0 Å². The van der Waals surface area contributed by atoms with Crippen LogP contribution in [0.2, 0.25) is 0 Å². The summed E-state index contributed by atoms with van der Waals surface area (Å²) in [5.74, 6) is -0.556. The third kappa shape index (κ3) is 2.82. The van der Waals surface area contributed by atoms with E-state index in [1.165, 1.54) is 0 Å². The Morgan fingerprint density at radius 1 is 1.55 bits per heavy atom. The second-order valence-electron chi connectivity index (χ2n) is 4.77. The Balaban J connectivity index is 2.21. The van der Waals surface area contributed by atoms with Gasteiger partial charge in [-0.2, -0.15) is 5.10 Å². The van der Waals surface area contributed by atoms with Crippen LogP contribution in [0.4, 0.5) is 0 Å². The summed E-state index contributed by atoms with van der Waals surface area (Å²) in [4.78, 5) is 26.1.